The lowest BCUT2D eigenvalue weighted by Crippen LogP contribution is -2.11. The molecule has 0 saturated heterocycles. The summed E-state index contributed by atoms with van der Waals surface area (Å²) >= 11 is 18.2. The lowest BCUT2D eigenvalue weighted by Gasteiger charge is -2.10. The van der Waals surface area contributed by atoms with Crippen LogP contribution in [0, 0.1) is 0 Å². The van der Waals surface area contributed by atoms with Crippen molar-refractivity contribution in [3.63, 3.8) is 0 Å². The van der Waals surface area contributed by atoms with Gasteiger partial charge in [-0.25, -0.2) is 0 Å². The Labute approximate surface area is 133 Å². The molecule has 0 spiro atoms. The van der Waals surface area contributed by atoms with E-state index in [0.717, 1.165) is 18.7 Å². The van der Waals surface area contributed by atoms with Gasteiger partial charge in [0.05, 0.1) is 5.02 Å². The molecule has 0 radical (unpaired) electrons. The van der Waals surface area contributed by atoms with E-state index >= 15 is 0 Å². The van der Waals surface area contributed by atoms with E-state index in [9.17, 15) is 0 Å². The predicted molar refractivity (Wildman–Crippen MR) is 85.4 cm³/mol. The molecule has 0 amide bonds. The Kier molecular flexibility index (Phi) is 5.55. The van der Waals surface area contributed by atoms with Gasteiger partial charge in [-0.2, -0.15) is 0 Å². The molecule has 0 aliphatic rings. The smallest absolute Gasteiger partial charge is 0.147 e. The maximum Gasteiger partial charge on any atom is 0.147 e. The van der Waals surface area contributed by atoms with Gasteiger partial charge in [0, 0.05) is 22.7 Å². The molecule has 0 saturated carbocycles. The quantitative estimate of drug-likeness (QED) is 0.776. The van der Waals surface area contributed by atoms with Crippen LogP contribution in [-0.2, 0) is 6.54 Å². The number of benzene rings is 2. The van der Waals surface area contributed by atoms with Crippen LogP contribution in [0.3, 0.4) is 0 Å². The SMILES string of the molecule is CCNCc1ccc(Oc2cc(Cl)ccc2Cl)cc1Cl. The Balaban J connectivity index is 2.17. The van der Waals surface area contributed by atoms with E-state index < -0.39 is 0 Å². The Morgan fingerprint density at radius 1 is 1.00 bits per heavy atom. The third-order valence-corrected chi connectivity index (χ3v) is 3.61. The third kappa shape index (κ3) is 4.03. The highest BCUT2D eigenvalue weighted by atomic mass is 35.5. The number of hydrogen-bond donors (Lipinski definition) is 1. The van der Waals surface area contributed by atoms with Gasteiger partial charge in [0.2, 0.25) is 0 Å². The molecule has 5 heteroatoms. The van der Waals surface area contributed by atoms with E-state index in [-0.39, 0.29) is 0 Å². The molecule has 2 rings (SSSR count). The van der Waals surface area contributed by atoms with Gasteiger partial charge >= 0.3 is 0 Å². The number of halogens is 3. The van der Waals surface area contributed by atoms with Crippen LogP contribution in [0.1, 0.15) is 12.5 Å². The summed E-state index contributed by atoms with van der Waals surface area (Å²) in [5.41, 5.74) is 1.03. The Morgan fingerprint density at radius 2 is 1.80 bits per heavy atom. The molecule has 0 aromatic heterocycles. The number of nitrogens with one attached hydrogen (secondary N) is 1. The fraction of sp³-hybridized carbons (Fsp3) is 0.200. The molecule has 0 aliphatic heterocycles. The van der Waals surface area contributed by atoms with Crippen molar-refractivity contribution in [2.24, 2.45) is 0 Å². The van der Waals surface area contributed by atoms with Crippen molar-refractivity contribution >= 4 is 34.8 Å². The van der Waals surface area contributed by atoms with Crippen molar-refractivity contribution in [2.75, 3.05) is 6.54 Å². The minimum Gasteiger partial charge on any atom is -0.456 e. The zero-order valence-electron chi connectivity index (χ0n) is 10.9. The van der Waals surface area contributed by atoms with Gasteiger partial charge in [0.15, 0.2) is 0 Å². The molecule has 0 fully saturated rings. The van der Waals surface area contributed by atoms with Crippen molar-refractivity contribution < 1.29 is 4.74 Å². The van der Waals surface area contributed by atoms with Crippen LogP contribution in [0.2, 0.25) is 15.1 Å². The maximum absolute atomic E-state index is 6.22. The first-order valence-corrected chi connectivity index (χ1v) is 7.35. The second-order valence-electron chi connectivity index (χ2n) is 4.21. The molecule has 0 aliphatic carbocycles. The number of ether oxygens (including phenoxy) is 1. The lowest BCUT2D eigenvalue weighted by atomic mass is 10.2. The first kappa shape index (κ1) is 15.5. The molecule has 1 N–H and O–H groups in total. The van der Waals surface area contributed by atoms with Crippen molar-refractivity contribution in [1.82, 2.24) is 5.32 Å². The van der Waals surface area contributed by atoms with Crippen LogP contribution in [0.4, 0.5) is 0 Å². The molecule has 20 heavy (non-hydrogen) atoms. The molecule has 2 aromatic rings. The highest BCUT2D eigenvalue weighted by Gasteiger charge is 2.07. The summed E-state index contributed by atoms with van der Waals surface area (Å²) < 4.78 is 5.71. The first-order chi connectivity index (χ1) is 9.60. The summed E-state index contributed by atoms with van der Waals surface area (Å²) in [5, 5.41) is 4.95. The van der Waals surface area contributed by atoms with Gasteiger partial charge < -0.3 is 10.1 Å². The van der Waals surface area contributed by atoms with E-state index in [2.05, 4.69) is 5.32 Å². The maximum atomic E-state index is 6.22. The summed E-state index contributed by atoms with van der Waals surface area (Å²) in [5.74, 6) is 1.13. The fourth-order valence-electron chi connectivity index (χ4n) is 1.68. The van der Waals surface area contributed by atoms with Crippen LogP contribution < -0.4 is 10.1 Å². The van der Waals surface area contributed by atoms with Gasteiger partial charge in [-0.15, -0.1) is 0 Å². The van der Waals surface area contributed by atoms with Crippen molar-refractivity contribution in [3.05, 3.63) is 57.0 Å². The van der Waals surface area contributed by atoms with Crippen LogP contribution in [0.25, 0.3) is 0 Å². The zero-order valence-corrected chi connectivity index (χ0v) is 13.2. The summed E-state index contributed by atoms with van der Waals surface area (Å²) in [6.07, 6.45) is 0. The van der Waals surface area contributed by atoms with Crippen molar-refractivity contribution in [3.8, 4) is 11.5 Å². The van der Waals surface area contributed by atoms with Crippen LogP contribution in [0.5, 0.6) is 11.5 Å². The molecule has 0 unspecified atom stereocenters. The first-order valence-electron chi connectivity index (χ1n) is 6.22. The third-order valence-electron chi connectivity index (χ3n) is 2.71. The van der Waals surface area contributed by atoms with E-state index in [1.165, 1.54) is 0 Å². The summed E-state index contributed by atoms with van der Waals surface area (Å²) in [7, 11) is 0. The highest BCUT2D eigenvalue weighted by Crippen LogP contribution is 2.33. The minimum absolute atomic E-state index is 0.502. The van der Waals surface area contributed by atoms with Crippen LogP contribution >= 0.6 is 34.8 Å². The molecule has 2 aromatic carbocycles. The zero-order chi connectivity index (χ0) is 14.5. The van der Waals surface area contributed by atoms with Gasteiger partial charge in [0.25, 0.3) is 0 Å². The predicted octanol–water partition coefficient (Wildman–Crippen LogP) is 5.55. The van der Waals surface area contributed by atoms with Crippen LogP contribution in [0.15, 0.2) is 36.4 Å². The molecular formula is C15H14Cl3NO. The highest BCUT2D eigenvalue weighted by molar-refractivity contribution is 6.34. The second kappa shape index (κ2) is 7.19. The fourth-order valence-corrected chi connectivity index (χ4v) is 2.23. The topological polar surface area (TPSA) is 21.3 Å². The van der Waals surface area contributed by atoms with Gasteiger partial charge in [-0.05, 0) is 36.4 Å². The molecule has 0 heterocycles. The summed E-state index contributed by atoms with van der Waals surface area (Å²) in [6, 6.07) is 10.6. The van der Waals surface area contributed by atoms with E-state index in [4.69, 9.17) is 39.5 Å². The molecular weight excluding hydrogens is 317 g/mol. The van der Waals surface area contributed by atoms with Crippen LogP contribution in [-0.4, -0.2) is 6.54 Å². The Hall–Kier alpha value is -0.930. The minimum atomic E-state index is 0.502. The molecule has 0 atom stereocenters. The second-order valence-corrected chi connectivity index (χ2v) is 5.46. The number of rotatable bonds is 5. The number of hydrogen-bond acceptors (Lipinski definition) is 2. The van der Waals surface area contributed by atoms with Gasteiger partial charge in [0.1, 0.15) is 11.5 Å². The Morgan fingerprint density at radius 3 is 2.50 bits per heavy atom. The Bertz CT molecular complexity index is 602. The molecule has 106 valence electrons. The standard InChI is InChI=1S/C15H14Cl3NO/c1-2-19-9-10-3-5-12(8-14(10)18)20-15-7-11(16)4-6-13(15)17/h3-8,19H,2,9H2,1H3. The van der Waals surface area contributed by atoms with E-state index in [1.54, 1.807) is 24.3 Å². The molecule has 0 bridgehead atoms. The summed E-state index contributed by atoms with van der Waals surface area (Å²) in [6.45, 7) is 3.67. The average Bonchev–Trinajstić information content (AvgIpc) is 2.42. The lowest BCUT2D eigenvalue weighted by molar-refractivity contribution is 0.482. The summed E-state index contributed by atoms with van der Waals surface area (Å²) in [4.78, 5) is 0. The average molecular weight is 331 g/mol. The van der Waals surface area contributed by atoms with Gasteiger partial charge in [-0.1, -0.05) is 47.8 Å². The monoisotopic (exact) mass is 329 g/mol. The van der Waals surface area contributed by atoms with E-state index in [1.807, 2.05) is 19.1 Å². The normalized spacial score (nSPS) is 10.6. The molecule has 2 nitrogen and oxygen atoms in total. The van der Waals surface area contributed by atoms with Gasteiger partial charge in [-0.3, -0.25) is 0 Å². The van der Waals surface area contributed by atoms with Crippen molar-refractivity contribution in [1.29, 1.82) is 0 Å². The van der Waals surface area contributed by atoms with Crippen molar-refractivity contribution in [2.45, 2.75) is 13.5 Å². The largest absolute Gasteiger partial charge is 0.456 e. The van der Waals surface area contributed by atoms with E-state index in [0.29, 0.717) is 26.6 Å².